The quantitative estimate of drug-likeness (QED) is 0.138. The van der Waals surface area contributed by atoms with Crippen molar-refractivity contribution in [2.24, 2.45) is 5.16 Å². The van der Waals surface area contributed by atoms with Gasteiger partial charge in [-0.2, -0.15) is 0 Å². The number of nitrogens with two attached hydrogens (primary N) is 1. The molecule has 1 fully saturated rings. The van der Waals surface area contributed by atoms with E-state index in [0.717, 1.165) is 16.2 Å². The molecule has 5 N–H and O–H groups in total. The molecule has 0 unspecified atom stereocenters. The number of likely N-dealkylation sites (N-methyl/N-ethyl adjacent to an activating group) is 1. The topological polar surface area (TPSA) is 179 Å². The Morgan fingerprint density at radius 3 is 2.68 bits per heavy atom. The molecule has 0 saturated carbocycles. The highest BCUT2D eigenvalue weighted by Crippen LogP contribution is 2.40. The number of amides is 3. The molecule has 3 rings (SSSR count). The molecule has 3 heterocycles. The molecular weight excluding hydrogens is 448 g/mol. The summed E-state index contributed by atoms with van der Waals surface area (Å²) < 4.78 is 0. The molecule has 2 atom stereocenters. The molecule has 3 amide bonds. The third kappa shape index (κ3) is 4.25. The van der Waals surface area contributed by atoms with Gasteiger partial charge in [0.05, 0.1) is 0 Å². The Hall–Kier alpha value is -3.39. The van der Waals surface area contributed by atoms with Gasteiger partial charge in [-0.1, -0.05) is 11.2 Å². The number of allylic oxidation sites excluding steroid dienone is 1. The van der Waals surface area contributed by atoms with Crippen molar-refractivity contribution in [1.29, 1.82) is 0 Å². The zero-order chi connectivity index (χ0) is 22.9. The molecule has 1 saturated heterocycles. The number of thioether (sulfide) groups is 1. The van der Waals surface area contributed by atoms with Crippen LogP contribution in [0.1, 0.15) is 5.69 Å². The summed E-state index contributed by atoms with van der Waals surface area (Å²) >= 11 is 2.28. The van der Waals surface area contributed by atoms with Gasteiger partial charge >= 0.3 is 5.97 Å². The lowest BCUT2D eigenvalue weighted by molar-refractivity contribution is -0.150. The Morgan fingerprint density at radius 1 is 1.42 bits per heavy atom. The number of rotatable bonds is 6. The average molecular weight is 467 g/mol. The Balaban J connectivity index is 1.78. The SMILES string of the molecule is CN(C)C(=O)/C=C/C1=C(C(=O)O)N2C(=O)[C@@H](NC(=O)C(=NO)c3csc(N)n3)[C@H]2SC1. The van der Waals surface area contributed by atoms with Crippen LogP contribution in [0, 0.1) is 0 Å². The molecule has 1 aromatic heterocycles. The second-order valence-corrected chi connectivity index (χ2v) is 8.62. The number of aromatic nitrogens is 1. The van der Waals surface area contributed by atoms with Gasteiger partial charge in [0.15, 0.2) is 10.8 Å². The van der Waals surface area contributed by atoms with E-state index in [1.165, 1.54) is 34.2 Å². The number of aliphatic carboxylic acids is 1. The van der Waals surface area contributed by atoms with Crippen molar-refractivity contribution in [3.63, 3.8) is 0 Å². The summed E-state index contributed by atoms with van der Waals surface area (Å²) in [6.07, 6.45) is 2.60. The van der Waals surface area contributed by atoms with E-state index < -0.39 is 34.9 Å². The first-order valence-electron chi connectivity index (χ1n) is 8.70. The molecule has 0 radical (unpaired) electrons. The van der Waals surface area contributed by atoms with Crippen molar-refractivity contribution in [3.05, 3.63) is 34.5 Å². The van der Waals surface area contributed by atoms with Crippen molar-refractivity contribution in [2.45, 2.75) is 11.4 Å². The van der Waals surface area contributed by atoms with Crippen LogP contribution >= 0.6 is 23.1 Å². The third-order valence-electron chi connectivity index (χ3n) is 4.43. The molecule has 164 valence electrons. The van der Waals surface area contributed by atoms with Crippen LogP contribution < -0.4 is 11.1 Å². The van der Waals surface area contributed by atoms with Crippen LogP contribution in [0.4, 0.5) is 5.13 Å². The molecule has 0 spiro atoms. The highest BCUT2D eigenvalue weighted by atomic mass is 32.2. The maximum Gasteiger partial charge on any atom is 0.352 e. The minimum atomic E-state index is -1.32. The Labute approximate surface area is 184 Å². The number of carbonyl (C=O) groups excluding carboxylic acids is 3. The molecule has 0 aromatic carbocycles. The van der Waals surface area contributed by atoms with Gasteiger partial charge in [0.25, 0.3) is 11.8 Å². The first-order chi connectivity index (χ1) is 14.6. The van der Waals surface area contributed by atoms with Crippen molar-refractivity contribution in [3.8, 4) is 0 Å². The highest BCUT2D eigenvalue weighted by Gasteiger charge is 2.54. The summed E-state index contributed by atoms with van der Waals surface area (Å²) in [6, 6.07) is -1.02. The van der Waals surface area contributed by atoms with Crippen molar-refractivity contribution >= 4 is 57.6 Å². The predicted molar refractivity (Wildman–Crippen MR) is 112 cm³/mol. The molecule has 2 aliphatic rings. The monoisotopic (exact) mass is 466 g/mol. The van der Waals surface area contributed by atoms with E-state index >= 15 is 0 Å². The first kappa shape index (κ1) is 22.3. The number of carboxylic acid groups (broad SMARTS) is 1. The molecule has 31 heavy (non-hydrogen) atoms. The number of carboxylic acids is 1. The smallest absolute Gasteiger partial charge is 0.352 e. The Kier molecular flexibility index (Phi) is 6.31. The number of carbonyl (C=O) groups is 4. The van der Waals surface area contributed by atoms with E-state index in [2.05, 4.69) is 15.5 Å². The summed E-state index contributed by atoms with van der Waals surface area (Å²) in [5.74, 6) is -2.93. The van der Waals surface area contributed by atoms with Gasteiger partial charge in [0, 0.05) is 31.3 Å². The van der Waals surface area contributed by atoms with E-state index in [1.807, 2.05) is 0 Å². The lowest BCUT2D eigenvalue weighted by Gasteiger charge is -2.49. The van der Waals surface area contributed by atoms with Gasteiger partial charge in [-0.15, -0.1) is 23.1 Å². The van der Waals surface area contributed by atoms with Crippen LogP contribution in [0.5, 0.6) is 0 Å². The third-order valence-corrected chi connectivity index (χ3v) is 6.41. The average Bonchev–Trinajstić information content (AvgIpc) is 3.15. The van der Waals surface area contributed by atoms with Crippen LogP contribution in [0.2, 0.25) is 0 Å². The summed E-state index contributed by atoms with van der Waals surface area (Å²) in [5, 5.41) is 25.1. The molecular formula is C17H18N6O6S2. The predicted octanol–water partition coefficient (Wildman–Crippen LogP) is -0.713. The van der Waals surface area contributed by atoms with E-state index in [-0.39, 0.29) is 28.2 Å². The standard InChI is InChI=1S/C17H18N6O6S2/c1-22(2)9(24)4-3-7-5-30-15-11(14(26)23(15)12(7)16(27)28)20-13(25)10(21-29)8-6-31-17(18)19-8/h3-4,6,11,15,29H,5H2,1-2H3,(H2,18,19)(H,20,25)(H,27,28)/b4-3+,21-10?/t11-,15-/m1/s1. The molecule has 0 bridgehead atoms. The number of nitrogens with one attached hydrogen (secondary N) is 1. The molecule has 1 aromatic rings. The van der Waals surface area contributed by atoms with Crippen LogP contribution in [-0.2, 0) is 19.2 Å². The summed E-state index contributed by atoms with van der Waals surface area (Å²) in [6.45, 7) is 0. The highest BCUT2D eigenvalue weighted by molar-refractivity contribution is 8.00. The number of hydrogen-bond donors (Lipinski definition) is 4. The number of oxime groups is 1. The van der Waals surface area contributed by atoms with E-state index in [4.69, 9.17) is 5.73 Å². The van der Waals surface area contributed by atoms with E-state index in [1.54, 1.807) is 14.1 Å². The fourth-order valence-corrected chi connectivity index (χ4v) is 4.78. The van der Waals surface area contributed by atoms with Crippen LogP contribution in [-0.4, -0.2) is 85.8 Å². The maximum absolute atomic E-state index is 12.7. The lowest BCUT2D eigenvalue weighted by Crippen LogP contribution is -2.71. The van der Waals surface area contributed by atoms with Gasteiger partial charge in [-0.3, -0.25) is 19.3 Å². The summed E-state index contributed by atoms with van der Waals surface area (Å²) in [7, 11) is 3.11. The van der Waals surface area contributed by atoms with Crippen molar-refractivity contribution in [2.75, 3.05) is 25.6 Å². The first-order valence-corrected chi connectivity index (χ1v) is 10.6. The van der Waals surface area contributed by atoms with Gasteiger partial charge in [-0.25, -0.2) is 9.78 Å². The number of hydrogen-bond acceptors (Lipinski definition) is 10. The summed E-state index contributed by atoms with van der Waals surface area (Å²) in [4.78, 5) is 55.0. The number of nitrogen functional groups attached to an aromatic ring is 1. The largest absolute Gasteiger partial charge is 0.477 e. The van der Waals surface area contributed by atoms with Crippen LogP contribution in [0.15, 0.2) is 34.0 Å². The normalized spacial score (nSPS) is 21.0. The van der Waals surface area contributed by atoms with E-state index in [0.29, 0.717) is 5.57 Å². The number of nitrogens with zero attached hydrogens (tertiary/aromatic N) is 4. The van der Waals surface area contributed by atoms with Gasteiger partial charge in [0.2, 0.25) is 5.91 Å². The second-order valence-electron chi connectivity index (χ2n) is 6.63. The Morgan fingerprint density at radius 2 is 2.13 bits per heavy atom. The molecule has 2 aliphatic heterocycles. The minimum Gasteiger partial charge on any atom is -0.477 e. The Bertz CT molecular complexity index is 1050. The molecule has 14 heteroatoms. The van der Waals surface area contributed by atoms with Gasteiger partial charge in [-0.05, 0) is 5.57 Å². The van der Waals surface area contributed by atoms with Crippen molar-refractivity contribution in [1.82, 2.24) is 20.1 Å². The lowest BCUT2D eigenvalue weighted by atomic mass is 10.0. The van der Waals surface area contributed by atoms with Crippen molar-refractivity contribution < 1.29 is 29.5 Å². The number of fused-ring (bicyclic) bond motifs is 1. The maximum atomic E-state index is 12.7. The fourth-order valence-electron chi connectivity index (χ4n) is 2.91. The number of β-lactam (4-membered cyclic amide) rings is 1. The van der Waals surface area contributed by atoms with Crippen LogP contribution in [0.25, 0.3) is 0 Å². The summed E-state index contributed by atoms with van der Waals surface area (Å²) in [5.41, 5.74) is 5.21. The number of thiazole rings is 1. The second kappa shape index (κ2) is 8.77. The van der Waals surface area contributed by atoms with E-state index in [9.17, 15) is 29.5 Å². The zero-order valence-corrected chi connectivity index (χ0v) is 17.9. The molecule has 0 aliphatic carbocycles. The van der Waals surface area contributed by atoms with Crippen LogP contribution in [0.3, 0.4) is 0 Å². The van der Waals surface area contributed by atoms with Gasteiger partial charge in [0.1, 0.15) is 22.8 Å². The number of anilines is 1. The fraction of sp³-hybridized carbons (Fsp3) is 0.294. The minimum absolute atomic E-state index is 0.0477. The molecule has 12 nitrogen and oxygen atoms in total. The van der Waals surface area contributed by atoms with Gasteiger partial charge < -0.3 is 26.3 Å². The zero-order valence-electron chi connectivity index (χ0n) is 16.3.